The van der Waals surface area contributed by atoms with Gasteiger partial charge in [-0.15, -0.1) is 0 Å². The van der Waals surface area contributed by atoms with Crippen LogP contribution in [0, 0.1) is 11.7 Å². The first kappa shape index (κ1) is 28.9. The van der Waals surface area contributed by atoms with Crippen LogP contribution in [-0.4, -0.2) is 32.2 Å². The third-order valence-electron chi connectivity index (χ3n) is 6.93. The van der Waals surface area contributed by atoms with Gasteiger partial charge in [-0.05, 0) is 55.4 Å². The van der Waals surface area contributed by atoms with Gasteiger partial charge in [0, 0.05) is 30.8 Å². The highest BCUT2D eigenvalue weighted by Gasteiger charge is 2.31. The largest absolute Gasteiger partial charge is 0.492 e. The topological polar surface area (TPSA) is 59.6 Å². The van der Waals surface area contributed by atoms with Gasteiger partial charge < -0.3 is 20.1 Å². The fraction of sp³-hybridized carbons (Fsp3) is 0.536. The lowest BCUT2D eigenvalue weighted by atomic mass is 9.83. The Kier molecular flexibility index (Phi) is 10.3. The van der Waals surface area contributed by atoms with Crippen LogP contribution in [0.4, 0.5) is 23.2 Å². The molecule has 0 spiro atoms. The minimum Gasteiger partial charge on any atom is -0.492 e. The molecule has 5 nitrogen and oxygen atoms in total. The van der Waals surface area contributed by atoms with Gasteiger partial charge >= 0.3 is 6.18 Å². The van der Waals surface area contributed by atoms with E-state index in [-0.39, 0.29) is 36.9 Å². The average molecular weight is 525 g/mol. The number of carbonyl (C=O) groups is 1. The molecule has 2 N–H and O–H groups in total. The van der Waals surface area contributed by atoms with E-state index in [1.807, 2.05) is 6.92 Å². The number of ether oxygens (including phenoxy) is 2. The number of benzene rings is 2. The number of methoxy groups -OCH3 is 1. The van der Waals surface area contributed by atoms with Crippen LogP contribution in [-0.2, 0) is 22.3 Å². The number of amides is 1. The van der Waals surface area contributed by atoms with Gasteiger partial charge in [0.15, 0.2) is 5.82 Å². The molecule has 3 atom stereocenters. The van der Waals surface area contributed by atoms with Crippen molar-refractivity contribution in [1.82, 2.24) is 5.32 Å². The van der Waals surface area contributed by atoms with Gasteiger partial charge in [-0.3, -0.25) is 4.79 Å². The molecule has 2 aromatic rings. The molecule has 204 valence electrons. The van der Waals surface area contributed by atoms with Crippen molar-refractivity contribution in [3.63, 3.8) is 0 Å². The van der Waals surface area contributed by atoms with Gasteiger partial charge in [-0.25, -0.2) is 4.39 Å². The first-order valence-corrected chi connectivity index (χ1v) is 12.7. The highest BCUT2D eigenvalue weighted by molar-refractivity contribution is 5.74. The number of carbonyl (C=O) groups excluding carboxylic acids is 1. The molecule has 1 saturated heterocycles. The smallest absolute Gasteiger partial charge is 0.416 e. The van der Waals surface area contributed by atoms with Crippen molar-refractivity contribution in [3.05, 3.63) is 58.9 Å². The van der Waals surface area contributed by atoms with Gasteiger partial charge in [0.25, 0.3) is 0 Å². The Balaban J connectivity index is 0.000000678. The molecule has 4 rings (SSSR count). The molecule has 1 saturated carbocycles. The minimum atomic E-state index is -4.36. The fourth-order valence-corrected chi connectivity index (χ4v) is 4.76. The second-order valence-electron chi connectivity index (χ2n) is 10.0. The summed E-state index contributed by atoms with van der Waals surface area (Å²) in [7, 11) is 1.46. The first-order chi connectivity index (χ1) is 17.6. The van der Waals surface area contributed by atoms with Gasteiger partial charge in [0.1, 0.15) is 12.4 Å². The maximum Gasteiger partial charge on any atom is 0.416 e. The standard InChI is InChI=1S/C23H26F4N2O3.C5H10/c1-14-7-16(15-3-5-18(6-4-15)23(25,26)27)8-19(29-14)12-32-20-9-17(11-31-2)22(28-13-30)21(24)10-20;1-5-3-2-4-5/h3-6,9-10,13-14,16,19,29H,7-8,11-12H2,1-2H3,(H,28,30);5H,2-4H2,1H3. The van der Waals surface area contributed by atoms with Crippen LogP contribution >= 0.6 is 0 Å². The Morgan fingerprint density at radius 3 is 2.32 bits per heavy atom. The van der Waals surface area contributed by atoms with Crippen LogP contribution < -0.4 is 15.4 Å². The number of rotatable bonds is 8. The SMILES string of the molecule is CC1CCC1.COCc1cc(OCC2CC(c3ccc(C(F)(F)F)cc3)CC(C)N2)cc(F)c1NC=O. The number of hydrogen-bond donors (Lipinski definition) is 2. The van der Waals surface area contributed by atoms with E-state index >= 15 is 0 Å². The second-order valence-corrected chi connectivity index (χ2v) is 10.0. The van der Waals surface area contributed by atoms with Gasteiger partial charge in [0.2, 0.25) is 6.41 Å². The maximum atomic E-state index is 14.4. The summed E-state index contributed by atoms with van der Waals surface area (Å²) in [4.78, 5) is 10.7. The molecule has 2 aromatic carbocycles. The van der Waals surface area contributed by atoms with Crippen LogP contribution in [0.25, 0.3) is 0 Å². The average Bonchev–Trinajstić information content (AvgIpc) is 2.83. The number of nitrogens with one attached hydrogen (secondary N) is 2. The van der Waals surface area contributed by atoms with E-state index in [2.05, 4.69) is 17.6 Å². The summed E-state index contributed by atoms with van der Waals surface area (Å²) >= 11 is 0. The number of alkyl halides is 3. The zero-order chi connectivity index (χ0) is 27.0. The summed E-state index contributed by atoms with van der Waals surface area (Å²) in [5, 5.41) is 5.76. The summed E-state index contributed by atoms with van der Waals surface area (Å²) in [6.07, 6.45) is 1.96. The summed E-state index contributed by atoms with van der Waals surface area (Å²) in [6, 6.07) is 8.19. The monoisotopic (exact) mass is 524 g/mol. The number of anilines is 1. The van der Waals surface area contributed by atoms with E-state index in [0.29, 0.717) is 24.1 Å². The van der Waals surface area contributed by atoms with Crippen molar-refractivity contribution in [2.45, 2.75) is 76.7 Å². The van der Waals surface area contributed by atoms with Crippen LogP contribution in [0.2, 0.25) is 0 Å². The summed E-state index contributed by atoms with van der Waals surface area (Å²) in [5.41, 5.74) is 0.682. The third kappa shape index (κ3) is 8.43. The summed E-state index contributed by atoms with van der Waals surface area (Å²) in [5.74, 6) is 0.823. The molecule has 37 heavy (non-hydrogen) atoms. The lowest BCUT2D eigenvalue weighted by Crippen LogP contribution is -2.46. The molecular formula is C28H36F4N2O3. The third-order valence-corrected chi connectivity index (χ3v) is 6.93. The maximum absolute atomic E-state index is 14.4. The summed E-state index contributed by atoms with van der Waals surface area (Å²) < 4.78 is 63.8. The normalized spacial score (nSPS) is 21.9. The van der Waals surface area contributed by atoms with Crippen molar-refractivity contribution >= 4 is 12.1 Å². The van der Waals surface area contributed by atoms with E-state index in [1.54, 1.807) is 6.07 Å². The quantitative estimate of drug-likeness (QED) is 0.299. The van der Waals surface area contributed by atoms with E-state index in [9.17, 15) is 22.4 Å². The number of halogens is 4. The van der Waals surface area contributed by atoms with Crippen molar-refractivity contribution < 1.29 is 31.8 Å². The molecule has 1 aliphatic heterocycles. The zero-order valence-electron chi connectivity index (χ0n) is 21.5. The molecular weight excluding hydrogens is 488 g/mol. The van der Waals surface area contributed by atoms with Gasteiger partial charge in [-0.1, -0.05) is 38.3 Å². The fourth-order valence-electron chi connectivity index (χ4n) is 4.76. The van der Waals surface area contributed by atoms with Crippen molar-refractivity contribution in [2.24, 2.45) is 5.92 Å². The lowest BCUT2D eigenvalue weighted by molar-refractivity contribution is -0.137. The van der Waals surface area contributed by atoms with E-state index in [1.165, 1.54) is 44.6 Å². The Morgan fingerprint density at radius 1 is 1.11 bits per heavy atom. The molecule has 0 bridgehead atoms. The minimum absolute atomic E-state index is 0.0426. The molecule has 0 aromatic heterocycles. The number of hydrogen-bond acceptors (Lipinski definition) is 4. The zero-order valence-corrected chi connectivity index (χ0v) is 21.5. The molecule has 2 aliphatic rings. The molecule has 1 amide bonds. The van der Waals surface area contributed by atoms with Crippen molar-refractivity contribution in [2.75, 3.05) is 19.0 Å². The predicted molar refractivity (Wildman–Crippen MR) is 135 cm³/mol. The molecule has 1 aliphatic carbocycles. The highest BCUT2D eigenvalue weighted by Crippen LogP contribution is 2.34. The Bertz CT molecular complexity index is 1010. The number of piperidine rings is 1. The van der Waals surface area contributed by atoms with Crippen LogP contribution in [0.5, 0.6) is 5.75 Å². The van der Waals surface area contributed by atoms with Crippen molar-refractivity contribution in [1.29, 1.82) is 0 Å². The van der Waals surface area contributed by atoms with E-state index in [0.717, 1.165) is 30.0 Å². The van der Waals surface area contributed by atoms with Gasteiger partial charge in [0.05, 0.1) is 17.9 Å². The van der Waals surface area contributed by atoms with Gasteiger partial charge in [-0.2, -0.15) is 13.2 Å². The second kappa shape index (κ2) is 13.2. The Labute approximate surface area is 215 Å². The lowest BCUT2D eigenvalue weighted by Gasteiger charge is -2.35. The van der Waals surface area contributed by atoms with Crippen LogP contribution in [0.3, 0.4) is 0 Å². The predicted octanol–water partition coefficient (Wildman–Crippen LogP) is 6.67. The summed E-state index contributed by atoms with van der Waals surface area (Å²) in [6.45, 7) is 4.68. The van der Waals surface area contributed by atoms with Crippen molar-refractivity contribution in [3.8, 4) is 5.75 Å². The van der Waals surface area contributed by atoms with E-state index < -0.39 is 17.6 Å². The molecule has 9 heteroatoms. The first-order valence-electron chi connectivity index (χ1n) is 12.7. The molecule has 3 unspecified atom stereocenters. The van der Waals surface area contributed by atoms with E-state index in [4.69, 9.17) is 9.47 Å². The molecule has 2 fully saturated rings. The molecule has 1 heterocycles. The Hall–Kier alpha value is -2.65. The van der Waals surface area contributed by atoms with Crippen LogP contribution in [0.15, 0.2) is 36.4 Å². The highest BCUT2D eigenvalue weighted by atomic mass is 19.4. The molecule has 0 radical (unpaired) electrons. The van der Waals surface area contributed by atoms with Crippen LogP contribution in [0.1, 0.15) is 68.6 Å². The Morgan fingerprint density at radius 2 is 1.78 bits per heavy atom.